The molecule has 3 aromatic rings. The van der Waals surface area contributed by atoms with E-state index in [1.807, 2.05) is 11.9 Å². The van der Waals surface area contributed by atoms with Gasteiger partial charge in [0.25, 0.3) is 0 Å². The van der Waals surface area contributed by atoms with Crippen LogP contribution in [0, 0.1) is 5.82 Å². The van der Waals surface area contributed by atoms with Gasteiger partial charge in [0.05, 0.1) is 12.1 Å². The summed E-state index contributed by atoms with van der Waals surface area (Å²) in [7, 11) is 1.85. The maximum atomic E-state index is 13.8. The number of likely N-dealkylation sites (tertiary alicyclic amines) is 1. The fourth-order valence-electron chi connectivity index (χ4n) is 3.62. The van der Waals surface area contributed by atoms with Gasteiger partial charge in [-0.25, -0.2) is 19.0 Å². The van der Waals surface area contributed by atoms with E-state index in [0.29, 0.717) is 18.7 Å². The molecule has 0 aliphatic carbocycles. The SMILES string of the molecule is Cn1nc([C@@H]2CCCN(C(=O)Cc3ccccc3F)C2)c2nccnc21. The molecule has 1 atom stereocenters. The number of nitrogens with zero attached hydrogens (tertiary/aromatic N) is 5. The van der Waals surface area contributed by atoms with Crippen molar-refractivity contribution in [2.45, 2.75) is 25.2 Å². The van der Waals surface area contributed by atoms with Gasteiger partial charge in [-0.15, -0.1) is 0 Å². The van der Waals surface area contributed by atoms with Crippen LogP contribution >= 0.6 is 0 Å². The molecule has 1 amide bonds. The molecule has 0 radical (unpaired) electrons. The van der Waals surface area contributed by atoms with Crippen molar-refractivity contribution in [2.24, 2.45) is 7.05 Å². The smallest absolute Gasteiger partial charge is 0.227 e. The van der Waals surface area contributed by atoms with Crippen LogP contribution in [0.1, 0.15) is 30.0 Å². The summed E-state index contributed by atoms with van der Waals surface area (Å²) >= 11 is 0. The number of aromatic nitrogens is 4. The highest BCUT2D eigenvalue weighted by Gasteiger charge is 2.29. The lowest BCUT2D eigenvalue weighted by molar-refractivity contribution is -0.131. The Morgan fingerprint density at radius 3 is 2.92 bits per heavy atom. The summed E-state index contributed by atoms with van der Waals surface area (Å²) in [6, 6.07) is 6.44. The minimum atomic E-state index is -0.333. The van der Waals surface area contributed by atoms with Gasteiger partial charge in [-0.05, 0) is 24.5 Å². The number of hydrogen-bond acceptors (Lipinski definition) is 4. The van der Waals surface area contributed by atoms with Gasteiger partial charge in [0.15, 0.2) is 5.65 Å². The Morgan fingerprint density at radius 1 is 1.27 bits per heavy atom. The first-order valence-electron chi connectivity index (χ1n) is 8.78. The number of benzene rings is 1. The Labute approximate surface area is 150 Å². The molecule has 0 bridgehead atoms. The van der Waals surface area contributed by atoms with Crippen LogP contribution in [0.15, 0.2) is 36.7 Å². The fourth-order valence-corrected chi connectivity index (χ4v) is 3.62. The lowest BCUT2D eigenvalue weighted by atomic mass is 9.94. The van der Waals surface area contributed by atoms with Crippen molar-refractivity contribution < 1.29 is 9.18 Å². The van der Waals surface area contributed by atoms with Crippen LogP contribution in [0.3, 0.4) is 0 Å². The first kappa shape index (κ1) is 16.6. The summed E-state index contributed by atoms with van der Waals surface area (Å²) in [4.78, 5) is 23.2. The van der Waals surface area contributed by atoms with Crippen LogP contribution in [-0.2, 0) is 18.3 Å². The van der Waals surface area contributed by atoms with Gasteiger partial charge in [-0.2, -0.15) is 5.10 Å². The molecular weight excluding hydrogens is 333 g/mol. The molecule has 1 aromatic carbocycles. The Balaban J connectivity index is 1.54. The van der Waals surface area contributed by atoms with E-state index < -0.39 is 0 Å². The van der Waals surface area contributed by atoms with Gasteiger partial charge < -0.3 is 4.90 Å². The van der Waals surface area contributed by atoms with Crippen LogP contribution in [0.25, 0.3) is 11.2 Å². The molecule has 26 heavy (non-hydrogen) atoms. The maximum Gasteiger partial charge on any atom is 0.227 e. The second-order valence-corrected chi connectivity index (χ2v) is 6.68. The fraction of sp³-hybridized carbons (Fsp3) is 0.368. The normalized spacial score (nSPS) is 17.6. The third-order valence-corrected chi connectivity index (χ3v) is 4.95. The van der Waals surface area contributed by atoms with E-state index in [2.05, 4.69) is 15.1 Å². The van der Waals surface area contributed by atoms with E-state index >= 15 is 0 Å². The molecule has 4 rings (SSSR count). The van der Waals surface area contributed by atoms with E-state index in [1.54, 1.807) is 35.3 Å². The number of aryl methyl sites for hydroxylation is 1. The molecule has 0 N–H and O–H groups in total. The molecule has 6 nitrogen and oxygen atoms in total. The summed E-state index contributed by atoms with van der Waals surface area (Å²) in [5.41, 5.74) is 2.87. The number of amides is 1. The predicted molar refractivity (Wildman–Crippen MR) is 95.0 cm³/mol. The number of hydrogen-bond donors (Lipinski definition) is 0. The zero-order valence-electron chi connectivity index (χ0n) is 14.6. The van der Waals surface area contributed by atoms with Gasteiger partial charge >= 0.3 is 0 Å². The summed E-state index contributed by atoms with van der Waals surface area (Å²) < 4.78 is 15.6. The predicted octanol–water partition coefficient (Wildman–Crippen LogP) is 2.45. The maximum absolute atomic E-state index is 13.8. The Bertz CT molecular complexity index is 954. The van der Waals surface area contributed by atoms with E-state index in [0.717, 1.165) is 29.7 Å². The molecule has 3 heterocycles. The molecule has 1 aliphatic heterocycles. The van der Waals surface area contributed by atoms with E-state index in [4.69, 9.17) is 0 Å². The molecule has 134 valence electrons. The molecule has 1 aliphatic rings. The van der Waals surface area contributed by atoms with Crippen molar-refractivity contribution in [1.29, 1.82) is 0 Å². The highest BCUT2D eigenvalue weighted by molar-refractivity contribution is 5.79. The average molecular weight is 353 g/mol. The van der Waals surface area contributed by atoms with Crippen molar-refractivity contribution in [3.63, 3.8) is 0 Å². The quantitative estimate of drug-likeness (QED) is 0.726. The van der Waals surface area contributed by atoms with Gasteiger partial charge in [-0.1, -0.05) is 18.2 Å². The summed E-state index contributed by atoms with van der Waals surface area (Å²) in [5, 5.41) is 4.60. The summed E-state index contributed by atoms with van der Waals surface area (Å²) in [6.45, 7) is 1.27. The molecular formula is C19H20FN5O. The minimum absolute atomic E-state index is 0.0499. The first-order chi connectivity index (χ1) is 12.6. The third kappa shape index (κ3) is 3.05. The van der Waals surface area contributed by atoms with Crippen LogP contribution < -0.4 is 0 Å². The highest BCUT2D eigenvalue weighted by Crippen LogP contribution is 2.30. The summed E-state index contributed by atoms with van der Waals surface area (Å²) in [6.07, 6.45) is 5.25. The van der Waals surface area contributed by atoms with Crippen molar-refractivity contribution in [2.75, 3.05) is 13.1 Å². The topological polar surface area (TPSA) is 63.9 Å². The molecule has 7 heteroatoms. The van der Waals surface area contributed by atoms with E-state index in [9.17, 15) is 9.18 Å². The zero-order valence-corrected chi connectivity index (χ0v) is 14.6. The van der Waals surface area contributed by atoms with Crippen LogP contribution in [0.2, 0.25) is 0 Å². The molecule has 0 spiro atoms. The standard InChI is InChI=1S/C19H20FN5O/c1-24-19-18(21-8-9-22-19)17(23-24)14-6-4-10-25(12-14)16(26)11-13-5-2-3-7-15(13)20/h2-3,5,7-9,14H,4,6,10-12H2,1H3/t14-/m1/s1. The lowest BCUT2D eigenvalue weighted by Crippen LogP contribution is -2.40. The molecule has 0 unspecified atom stereocenters. The average Bonchev–Trinajstić information content (AvgIpc) is 3.01. The summed E-state index contributed by atoms with van der Waals surface area (Å²) in [5.74, 6) is -0.264. The van der Waals surface area contributed by atoms with Crippen molar-refractivity contribution in [1.82, 2.24) is 24.6 Å². The van der Waals surface area contributed by atoms with E-state index in [1.165, 1.54) is 6.07 Å². The number of carbonyl (C=O) groups is 1. The second kappa shape index (κ2) is 6.82. The lowest BCUT2D eigenvalue weighted by Gasteiger charge is -2.32. The second-order valence-electron chi connectivity index (χ2n) is 6.68. The van der Waals surface area contributed by atoms with Crippen LogP contribution in [0.5, 0.6) is 0 Å². The zero-order chi connectivity index (χ0) is 18.1. The molecule has 1 saturated heterocycles. The largest absolute Gasteiger partial charge is 0.342 e. The van der Waals surface area contributed by atoms with Crippen molar-refractivity contribution in [3.8, 4) is 0 Å². The first-order valence-corrected chi connectivity index (χ1v) is 8.78. The van der Waals surface area contributed by atoms with Gasteiger partial charge in [0, 0.05) is 38.4 Å². The molecule has 1 fully saturated rings. The number of piperidine rings is 1. The van der Waals surface area contributed by atoms with Gasteiger partial charge in [0.2, 0.25) is 5.91 Å². The number of rotatable bonds is 3. The number of carbonyl (C=O) groups excluding carboxylic acids is 1. The van der Waals surface area contributed by atoms with E-state index in [-0.39, 0.29) is 24.1 Å². The van der Waals surface area contributed by atoms with Crippen LogP contribution in [0.4, 0.5) is 4.39 Å². The Morgan fingerprint density at radius 2 is 2.08 bits per heavy atom. The molecule has 0 saturated carbocycles. The third-order valence-electron chi connectivity index (χ3n) is 4.95. The monoisotopic (exact) mass is 353 g/mol. The number of halogens is 1. The highest BCUT2D eigenvalue weighted by atomic mass is 19.1. The Hall–Kier alpha value is -2.83. The van der Waals surface area contributed by atoms with Crippen LogP contribution in [-0.4, -0.2) is 43.6 Å². The Kier molecular flexibility index (Phi) is 4.36. The van der Waals surface area contributed by atoms with Gasteiger partial charge in [0.1, 0.15) is 11.3 Å². The van der Waals surface area contributed by atoms with Gasteiger partial charge in [-0.3, -0.25) is 4.79 Å². The number of fused-ring (bicyclic) bond motifs is 1. The van der Waals surface area contributed by atoms with Crippen molar-refractivity contribution in [3.05, 3.63) is 53.7 Å². The van der Waals surface area contributed by atoms with Crippen molar-refractivity contribution >= 4 is 17.1 Å². The molecule has 2 aromatic heterocycles. The minimum Gasteiger partial charge on any atom is -0.342 e.